The van der Waals surface area contributed by atoms with Gasteiger partial charge in [-0.05, 0) is 11.6 Å². The lowest BCUT2D eigenvalue weighted by atomic mass is 10.1. The van der Waals surface area contributed by atoms with Gasteiger partial charge in [-0.25, -0.2) is 0 Å². The normalized spacial score (nSPS) is 11.2. The van der Waals surface area contributed by atoms with E-state index in [0.717, 1.165) is 5.56 Å². The molecule has 4 nitrogen and oxygen atoms in total. The highest BCUT2D eigenvalue weighted by Gasteiger charge is 2.06. The van der Waals surface area contributed by atoms with Crippen LogP contribution in [0.4, 0.5) is 0 Å². The highest BCUT2D eigenvalue weighted by molar-refractivity contribution is 7.43. The maximum atomic E-state index is 10.6. The van der Waals surface area contributed by atoms with E-state index in [1.165, 1.54) is 6.07 Å². The minimum Gasteiger partial charge on any atom is -0.780 e. The molecule has 88 valence electrons. The van der Waals surface area contributed by atoms with E-state index < -0.39 is 7.82 Å². The molecule has 5 heteroatoms. The van der Waals surface area contributed by atoms with Crippen LogP contribution in [0.15, 0.2) is 54.6 Å². The zero-order chi connectivity index (χ0) is 12.3. The molecule has 2 rings (SSSR count). The third kappa shape index (κ3) is 3.17. The van der Waals surface area contributed by atoms with Crippen LogP contribution in [0.2, 0.25) is 0 Å². The number of hydrogen-bond acceptors (Lipinski definition) is 4. The largest absolute Gasteiger partial charge is 0.780 e. The van der Waals surface area contributed by atoms with Gasteiger partial charge < -0.3 is 18.9 Å². The van der Waals surface area contributed by atoms with E-state index in [2.05, 4.69) is 4.52 Å². The molecule has 2 aromatic carbocycles. The number of benzene rings is 2. The van der Waals surface area contributed by atoms with Crippen LogP contribution in [-0.4, -0.2) is 0 Å². The molecule has 0 fully saturated rings. The molecule has 0 aromatic heterocycles. The fourth-order valence-electron chi connectivity index (χ4n) is 1.52. The number of phosphoric acid groups is 1. The van der Waals surface area contributed by atoms with Gasteiger partial charge in [0.2, 0.25) is 0 Å². The van der Waals surface area contributed by atoms with Crippen LogP contribution < -0.4 is 14.3 Å². The Hall–Kier alpha value is -1.61. The molecule has 0 spiro atoms. The van der Waals surface area contributed by atoms with E-state index in [0.29, 0.717) is 5.56 Å². The first-order chi connectivity index (χ1) is 8.06. The van der Waals surface area contributed by atoms with E-state index in [4.69, 9.17) is 0 Å². The van der Waals surface area contributed by atoms with E-state index in [1.54, 1.807) is 18.2 Å². The summed E-state index contributed by atoms with van der Waals surface area (Å²) in [5.41, 5.74) is 1.36. The lowest BCUT2D eigenvalue weighted by Gasteiger charge is -2.30. The first-order valence-corrected chi connectivity index (χ1v) is 6.38. The van der Waals surface area contributed by atoms with Crippen LogP contribution in [0.1, 0.15) is 0 Å². The number of rotatable bonds is 3. The molecule has 17 heavy (non-hydrogen) atoms. The molecular weight excluding hydrogens is 239 g/mol. The summed E-state index contributed by atoms with van der Waals surface area (Å²) in [5.74, 6) is 0.0482. The average Bonchev–Trinajstić information content (AvgIpc) is 2.29. The van der Waals surface area contributed by atoms with Crippen LogP contribution in [0.5, 0.6) is 5.75 Å². The second-order valence-corrected chi connectivity index (χ2v) is 4.48. The van der Waals surface area contributed by atoms with Gasteiger partial charge in [0, 0.05) is 5.56 Å². The summed E-state index contributed by atoms with van der Waals surface area (Å²) in [6.07, 6.45) is 0. The molecular formula is C12H9O4P-2. The van der Waals surface area contributed by atoms with Gasteiger partial charge in [-0.15, -0.1) is 0 Å². The van der Waals surface area contributed by atoms with Gasteiger partial charge in [0.05, 0.1) is 0 Å². The smallest absolute Gasteiger partial charge is 0.132 e. The predicted molar refractivity (Wildman–Crippen MR) is 60.1 cm³/mol. The molecule has 0 saturated heterocycles. The summed E-state index contributed by atoms with van der Waals surface area (Å²) in [6, 6.07) is 15.6. The molecule has 0 atom stereocenters. The van der Waals surface area contributed by atoms with Crippen LogP contribution in [0.3, 0.4) is 0 Å². The molecule has 0 unspecified atom stereocenters. The zero-order valence-electron chi connectivity index (χ0n) is 8.78. The third-order valence-electron chi connectivity index (χ3n) is 2.18. The minimum absolute atomic E-state index is 0.0482. The van der Waals surface area contributed by atoms with E-state index >= 15 is 0 Å². The third-order valence-corrected chi connectivity index (χ3v) is 2.60. The fourth-order valence-corrected chi connectivity index (χ4v) is 1.92. The summed E-state index contributed by atoms with van der Waals surface area (Å²) in [4.78, 5) is 21.3. The summed E-state index contributed by atoms with van der Waals surface area (Å²) >= 11 is 0. The molecule has 0 saturated carbocycles. The zero-order valence-corrected chi connectivity index (χ0v) is 9.67. The lowest BCUT2D eigenvalue weighted by Crippen LogP contribution is -2.18. The molecule has 0 amide bonds. The van der Waals surface area contributed by atoms with Crippen molar-refractivity contribution < 1.29 is 18.9 Å². The Kier molecular flexibility index (Phi) is 3.29. The van der Waals surface area contributed by atoms with Gasteiger partial charge >= 0.3 is 0 Å². The van der Waals surface area contributed by atoms with E-state index in [9.17, 15) is 14.4 Å². The lowest BCUT2D eigenvalue weighted by molar-refractivity contribution is -0.333. The Morgan fingerprint density at radius 1 is 0.882 bits per heavy atom. The van der Waals surface area contributed by atoms with E-state index in [1.807, 2.05) is 30.3 Å². The summed E-state index contributed by atoms with van der Waals surface area (Å²) in [5, 5.41) is 0. The van der Waals surface area contributed by atoms with Crippen LogP contribution >= 0.6 is 7.82 Å². The Morgan fingerprint density at radius 3 is 2.12 bits per heavy atom. The maximum Gasteiger partial charge on any atom is 0.132 e. The Balaban J connectivity index is 2.45. The van der Waals surface area contributed by atoms with Gasteiger partial charge in [0.1, 0.15) is 13.6 Å². The van der Waals surface area contributed by atoms with Gasteiger partial charge in [-0.3, -0.25) is 0 Å². The quantitative estimate of drug-likeness (QED) is 0.772. The SMILES string of the molecule is O=P([O-])([O-])Oc1ccccc1-c1ccccc1. The molecule has 2 aromatic rings. The fraction of sp³-hybridized carbons (Fsp3) is 0. The predicted octanol–water partition coefficient (Wildman–Crippen LogP) is 1.56. The second-order valence-electron chi connectivity index (χ2n) is 3.40. The van der Waals surface area contributed by atoms with Gasteiger partial charge in [-0.2, -0.15) is 0 Å². The van der Waals surface area contributed by atoms with Crippen molar-refractivity contribution in [2.45, 2.75) is 0 Å². The average molecular weight is 248 g/mol. The van der Waals surface area contributed by atoms with Gasteiger partial charge in [-0.1, -0.05) is 48.5 Å². The molecule has 0 heterocycles. The number of para-hydroxylation sites is 1. The van der Waals surface area contributed by atoms with Crippen LogP contribution in [0.25, 0.3) is 11.1 Å². The molecule has 0 aliphatic carbocycles. The number of hydrogen-bond donors (Lipinski definition) is 0. The van der Waals surface area contributed by atoms with Crippen LogP contribution in [0, 0.1) is 0 Å². The summed E-state index contributed by atoms with van der Waals surface area (Å²) in [6.45, 7) is 0. The molecule has 0 radical (unpaired) electrons. The maximum absolute atomic E-state index is 10.6. The summed E-state index contributed by atoms with van der Waals surface area (Å²) in [7, 11) is -5.03. The van der Waals surface area contributed by atoms with E-state index in [-0.39, 0.29) is 5.75 Å². The standard InChI is InChI=1S/C12H11O4P/c13-17(14,15)16-12-9-5-4-8-11(12)10-6-2-1-3-7-10/h1-9H,(H2,13,14,15)/p-2. The van der Waals surface area contributed by atoms with Crippen molar-refractivity contribution in [3.8, 4) is 16.9 Å². The van der Waals surface area contributed by atoms with Crippen molar-refractivity contribution in [2.24, 2.45) is 0 Å². The monoisotopic (exact) mass is 248 g/mol. The second kappa shape index (κ2) is 4.72. The van der Waals surface area contributed by atoms with Crippen molar-refractivity contribution >= 4 is 7.82 Å². The van der Waals surface area contributed by atoms with Crippen molar-refractivity contribution in [2.75, 3.05) is 0 Å². The van der Waals surface area contributed by atoms with Gasteiger partial charge in [0.25, 0.3) is 0 Å². The molecule has 0 aliphatic rings. The van der Waals surface area contributed by atoms with Crippen molar-refractivity contribution in [1.82, 2.24) is 0 Å². The van der Waals surface area contributed by atoms with Gasteiger partial charge in [0.15, 0.2) is 0 Å². The topological polar surface area (TPSA) is 72.4 Å². The number of phosphoric ester groups is 1. The first-order valence-electron chi connectivity index (χ1n) is 4.92. The Bertz CT molecular complexity index is 547. The highest BCUT2D eigenvalue weighted by Crippen LogP contribution is 2.36. The molecule has 0 N–H and O–H groups in total. The minimum atomic E-state index is -5.03. The molecule has 0 aliphatic heterocycles. The summed E-state index contributed by atoms with van der Waals surface area (Å²) < 4.78 is 15.1. The van der Waals surface area contributed by atoms with Crippen LogP contribution in [-0.2, 0) is 4.57 Å². The van der Waals surface area contributed by atoms with Crippen molar-refractivity contribution in [1.29, 1.82) is 0 Å². The van der Waals surface area contributed by atoms with Crippen molar-refractivity contribution in [3.05, 3.63) is 54.6 Å². The Labute approximate surface area is 98.7 Å². The highest BCUT2D eigenvalue weighted by atomic mass is 31.2. The Morgan fingerprint density at radius 2 is 1.47 bits per heavy atom. The molecule has 0 bridgehead atoms. The first kappa shape index (κ1) is 11.9. The van der Waals surface area contributed by atoms with Crippen molar-refractivity contribution in [3.63, 3.8) is 0 Å².